The van der Waals surface area contributed by atoms with Crippen LogP contribution in [0.2, 0.25) is 0 Å². The Morgan fingerprint density at radius 2 is 1.97 bits per heavy atom. The zero-order chi connectivity index (χ0) is 26.1. The van der Waals surface area contributed by atoms with Crippen LogP contribution in [-0.2, 0) is 17.7 Å². The van der Waals surface area contributed by atoms with E-state index in [4.69, 9.17) is 14.2 Å². The van der Waals surface area contributed by atoms with Crippen molar-refractivity contribution < 1.29 is 18.6 Å². The second-order valence-electron chi connectivity index (χ2n) is 9.30. The molecule has 1 saturated heterocycles. The number of aromatic nitrogens is 2. The van der Waals surface area contributed by atoms with Crippen LogP contribution < -0.4 is 25.2 Å². The van der Waals surface area contributed by atoms with Gasteiger partial charge in [-0.3, -0.25) is 4.79 Å². The normalized spacial score (nSPS) is 14.3. The van der Waals surface area contributed by atoms with Gasteiger partial charge in [0.1, 0.15) is 11.5 Å². The van der Waals surface area contributed by atoms with Crippen molar-refractivity contribution in [1.29, 1.82) is 0 Å². The second-order valence-corrected chi connectivity index (χ2v) is 9.30. The number of halogens is 1. The van der Waals surface area contributed by atoms with Crippen LogP contribution in [0, 0.1) is 5.82 Å². The van der Waals surface area contributed by atoms with Gasteiger partial charge in [-0.25, -0.2) is 9.37 Å². The molecular weight excluding hydrogens is 487 g/mol. The van der Waals surface area contributed by atoms with Gasteiger partial charge in [-0.2, -0.15) is 0 Å². The van der Waals surface area contributed by atoms with Gasteiger partial charge < -0.3 is 29.4 Å². The van der Waals surface area contributed by atoms with E-state index in [2.05, 4.69) is 20.2 Å². The molecule has 38 heavy (non-hydrogen) atoms. The SMILES string of the molecule is COc1ncc(CNc2ccc3c(c2)Cc2cccc(-c4cc(N5CCOCC5)cc(=O)[nH]4)c2O3)cc1F. The highest BCUT2D eigenvalue weighted by Crippen LogP contribution is 2.43. The van der Waals surface area contributed by atoms with E-state index in [1.54, 1.807) is 12.3 Å². The molecule has 2 N–H and O–H groups in total. The van der Waals surface area contributed by atoms with Crippen LogP contribution >= 0.6 is 0 Å². The molecule has 0 spiro atoms. The summed E-state index contributed by atoms with van der Waals surface area (Å²) in [7, 11) is 1.39. The van der Waals surface area contributed by atoms with Crippen LogP contribution in [0.25, 0.3) is 11.3 Å². The van der Waals surface area contributed by atoms with Crippen molar-refractivity contribution in [3.63, 3.8) is 0 Å². The quantitative estimate of drug-likeness (QED) is 0.339. The summed E-state index contributed by atoms with van der Waals surface area (Å²) in [6, 6.07) is 16.9. The molecule has 1 fully saturated rings. The predicted molar refractivity (Wildman–Crippen MR) is 143 cm³/mol. The number of aromatic amines is 1. The second kappa shape index (κ2) is 10.2. The maximum Gasteiger partial charge on any atom is 0.250 e. The molecule has 194 valence electrons. The molecule has 0 radical (unpaired) electrons. The van der Waals surface area contributed by atoms with E-state index in [9.17, 15) is 9.18 Å². The van der Waals surface area contributed by atoms with Crippen LogP contribution in [0.4, 0.5) is 15.8 Å². The fourth-order valence-corrected chi connectivity index (χ4v) is 4.89. The van der Waals surface area contributed by atoms with Gasteiger partial charge in [-0.05, 0) is 47.5 Å². The van der Waals surface area contributed by atoms with Crippen molar-refractivity contribution in [2.75, 3.05) is 43.6 Å². The average molecular weight is 515 g/mol. The number of H-pyrrole nitrogens is 1. The van der Waals surface area contributed by atoms with Gasteiger partial charge in [0.25, 0.3) is 0 Å². The van der Waals surface area contributed by atoms with Gasteiger partial charge in [0.15, 0.2) is 5.82 Å². The van der Waals surface area contributed by atoms with Gasteiger partial charge >= 0.3 is 0 Å². The molecule has 6 rings (SSSR count). The molecule has 4 aromatic rings. The molecule has 0 bridgehead atoms. The monoisotopic (exact) mass is 514 g/mol. The van der Waals surface area contributed by atoms with E-state index in [0.29, 0.717) is 31.7 Å². The summed E-state index contributed by atoms with van der Waals surface area (Å²) in [5.74, 6) is 0.999. The first kappa shape index (κ1) is 24.0. The van der Waals surface area contributed by atoms with Crippen molar-refractivity contribution in [3.05, 3.63) is 93.7 Å². The molecule has 2 aromatic carbocycles. The van der Waals surface area contributed by atoms with Gasteiger partial charge in [-0.1, -0.05) is 12.1 Å². The van der Waals surface area contributed by atoms with Crippen molar-refractivity contribution in [2.45, 2.75) is 13.0 Å². The number of hydrogen-bond donors (Lipinski definition) is 2. The van der Waals surface area contributed by atoms with Gasteiger partial charge in [0.2, 0.25) is 11.4 Å². The number of para-hydroxylation sites is 1. The zero-order valence-electron chi connectivity index (χ0n) is 20.9. The van der Waals surface area contributed by atoms with Gasteiger partial charge in [0.05, 0.1) is 26.0 Å². The fraction of sp³-hybridized carbons (Fsp3) is 0.241. The Balaban J connectivity index is 1.23. The first-order valence-electron chi connectivity index (χ1n) is 12.5. The summed E-state index contributed by atoms with van der Waals surface area (Å²) < 4.78 is 30.7. The largest absolute Gasteiger partial charge is 0.479 e. The molecule has 2 aromatic heterocycles. The third-order valence-electron chi connectivity index (χ3n) is 6.80. The Bertz CT molecular complexity index is 1550. The van der Waals surface area contributed by atoms with Gasteiger partial charge in [-0.15, -0.1) is 0 Å². The standard InChI is InChI=1S/C29H27FN4O4/c1-36-29-24(30)11-18(17-32-29)16-31-21-5-6-26-20(13-21)12-19-3-2-4-23(28(19)38-26)25-14-22(15-27(35)33-25)34-7-9-37-10-8-34/h2-6,11,13-15,17,31H,7-10,12,16H2,1H3,(H,33,35). The number of nitrogens with one attached hydrogen (secondary N) is 2. The first-order valence-corrected chi connectivity index (χ1v) is 12.5. The third-order valence-corrected chi connectivity index (χ3v) is 6.80. The van der Waals surface area contributed by atoms with Crippen LogP contribution in [0.5, 0.6) is 17.4 Å². The molecule has 9 heteroatoms. The maximum atomic E-state index is 14.0. The number of nitrogens with zero attached hydrogens (tertiary/aromatic N) is 2. The number of methoxy groups -OCH3 is 1. The highest BCUT2D eigenvalue weighted by molar-refractivity contribution is 5.74. The zero-order valence-corrected chi connectivity index (χ0v) is 20.9. The summed E-state index contributed by atoms with van der Waals surface area (Å²) in [6.07, 6.45) is 2.27. The topological polar surface area (TPSA) is 88.7 Å². The number of pyridine rings is 2. The summed E-state index contributed by atoms with van der Waals surface area (Å²) >= 11 is 0. The molecule has 0 aliphatic carbocycles. The minimum atomic E-state index is -0.491. The number of ether oxygens (including phenoxy) is 3. The van der Waals surface area contributed by atoms with Gasteiger partial charge in [0, 0.05) is 60.8 Å². The summed E-state index contributed by atoms with van der Waals surface area (Å²) in [4.78, 5) is 21.7. The van der Waals surface area contributed by atoms with Crippen LogP contribution in [0.3, 0.4) is 0 Å². The van der Waals surface area contributed by atoms with Crippen molar-refractivity contribution in [3.8, 4) is 28.6 Å². The number of hydrogen-bond acceptors (Lipinski definition) is 7. The summed E-state index contributed by atoms with van der Waals surface area (Å²) in [5, 5.41) is 3.32. The lowest BCUT2D eigenvalue weighted by Crippen LogP contribution is -2.36. The molecule has 2 aliphatic rings. The predicted octanol–water partition coefficient (Wildman–Crippen LogP) is 4.73. The Morgan fingerprint density at radius 3 is 2.79 bits per heavy atom. The Morgan fingerprint density at radius 1 is 1.11 bits per heavy atom. The van der Waals surface area contributed by atoms with E-state index in [1.165, 1.54) is 13.2 Å². The molecule has 0 unspecified atom stereocenters. The van der Waals surface area contributed by atoms with E-state index in [0.717, 1.165) is 58.3 Å². The number of rotatable bonds is 6. The smallest absolute Gasteiger partial charge is 0.250 e. The Kier molecular flexibility index (Phi) is 6.43. The highest BCUT2D eigenvalue weighted by atomic mass is 19.1. The highest BCUT2D eigenvalue weighted by Gasteiger charge is 2.22. The molecular formula is C29H27FN4O4. The lowest BCUT2D eigenvalue weighted by Gasteiger charge is -2.29. The van der Waals surface area contributed by atoms with E-state index in [1.807, 2.05) is 42.5 Å². The number of benzene rings is 2. The van der Waals surface area contributed by atoms with Crippen molar-refractivity contribution in [2.24, 2.45) is 0 Å². The van der Waals surface area contributed by atoms with E-state index < -0.39 is 5.82 Å². The molecule has 4 heterocycles. The molecule has 8 nitrogen and oxygen atoms in total. The lowest BCUT2D eigenvalue weighted by atomic mass is 9.96. The van der Waals surface area contributed by atoms with Crippen LogP contribution in [0.1, 0.15) is 16.7 Å². The number of anilines is 2. The van der Waals surface area contributed by atoms with Crippen molar-refractivity contribution >= 4 is 11.4 Å². The third kappa shape index (κ3) is 4.80. The minimum Gasteiger partial charge on any atom is -0.479 e. The number of morpholine rings is 1. The van der Waals surface area contributed by atoms with Crippen molar-refractivity contribution in [1.82, 2.24) is 9.97 Å². The maximum absolute atomic E-state index is 14.0. The summed E-state index contributed by atoms with van der Waals surface area (Å²) in [6.45, 7) is 3.21. The lowest BCUT2D eigenvalue weighted by molar-refractivity contribution is 0.122. The first-order chi connectivity index (χ1) is 18.6. The average Bonchev–Trinajstić information content (AvgIpc) is 2.94. The summed E-state index contributed by atoms with van der Waals surface area (Å²) in [5.41, 5.74) is 5.96. The molecule has 2 aliphatic heterocycles. The molecule has 0 amide bonds. The van der Waals surface area contributed by atoms with E-state index >= 15 is 0 Å². The fourth-order valence-electron chi connectivity index (χ4n) is 4.89. The minimum absolute atomic E-state index is 0.0189. The van der Waals surface area contributed by atoms with Crippen LogP contribution in [0.15, 0.2) is 65.6 Å². The molecule has 0 saturated carbocycles. The van der Waals surface area contributed by atoms with Crippen LogP contribution in [-0.4, -0.2) is 43.4 Å². The Labute approximate surface area is 219 Å². The molecule has 0 atom stereocenters. The Hall–Kier alpha value is -4.37. The number of fused-ring (bicyclic) bond motifs is 2. The van der Waals surface area contributed by atoms with E-state index in [-0.39, 0.29) is 11.4 Å².